The van der Waals surface area contributed by atoms with E-state index < -0.39 is 0 Å². The van der Waals surface area contributed by atoms with Gasteiger partial charge < -0.3 is 9.13 Å². The maximum atomic E-state index is 11.7. The van der Waals surface area contributed by atoms with Crippen molar-refractivity contribution in [2.45, 2.75) is 0 Å². The van der Waals surface area contributed by atoms with E-state index in [2.05, 4.69) is 61.3 Å². The van der Waals surface area contributed by atoms with Crippen LogP contribution in [0.3, 0.4) is 0 Å². The van der Waals surface area contributed by atoms with Crippen molar-refractivity contribution >= 4 is 55.0 Å². The lowest BCUT2D eigenvalue weighted by Gasteiger charge is -2.18. The van der Waals surface area contributed by atoms with Gasteiger partial charge in [0.25, 0.3) is 0 Å². The topological polar surface area (TPSA) is 129 Å². The molecule has 72 heavy (non-hydrogen) atoms. The largest absolute Gasteiger partial charge is 0.308 e. The van der Waals surface area contributed by atoms with E-state index in [-0.39, 0.29) is 0 Å². The van der Waals surface area contributed by atoms with Gasteiger partial charge >= 0.3 is 0 Å². The third kappa shape index (κ3) is 6.96. The minimum Gasteiger partial charge on any atom is -0.308 e. The molecule has 9 aromatic carbocycles. The highest BCUT2D eigenvalue weighted by atomic mass is 15.1. The highest BCUT2D eigenvalue weighted by molar-refractivity contribution is 6.13. The van der Waals surface area contributed by atoms with E-state index >= 15 is 0 Å². The molecule has 0 aliphatic rings. The third-order valence-corrected chi connectivity index (χ3v) is 13.1. The Hall–Kier alpha value is -11.0. The second-order valence-electron chi connectivity index (χ2n) is 17.1. The zero-order chi connectivity index (χ0) is 48.9. The second kappa shape index (κ2) is 17.3. The van der Waals surface area contributed by atoms with Crippen LogP contribution in [0.4, 0.5) is 11.4 Å². The molecule has 0 bridgehead atoms. The minimum absolute atomic E-state index is 0.380. The fourth-order valence-corrected chi connectivity index (χ4v) is 9.83. The molecule has 0 N–H and O–H groups in total. The first-order valence-corrected chi connectivity index (χ1v) is 22.8. The quantitative estimate of drug-likeness (QED) is 0.146. The number of fused-ring (bicyclic) bond motifs is 6. The van der Waals surface area contributed by atoms with Crippen LogP contribution in [-0.4, -0.2) is 24.1 Å². The molecule has 3 heterocycles. The number of nitrogens with zero attached hydrogens (tertiary/aromatic N) is 10. The van der Waals surface area contributed by atoms with Crippen molar-refractivity contribution in [2.75, 3.05) is 0 Å². The third-order valence-electron chi connectivity index (χ3n) is 13.1. The smallest absolute Gasteiger partial charge is 0.196 e. The van der Waals surface area contributed by atoms with Crippen molar-refractivity contribution in [3.8, 4) is 86.0 Å². The van der Waals surface area contributed by atoms with Crippen LogP contribution in [0.25, 0.3) is 121 Å². The van der Waals surface area contributed by atoms with Crippen LogP contribution in [0.2, 0.25) is 0 Å². The summed E-state index contributed by atoms with van der Waals surface area (Å²) in [6, 6.07) is 69.3. The van der Waals surface area contributed by atoms with E-state index in [9.17, 15) is 15.8 Å². The van der Waals surface area contributed by atoms with E-state index in [1.165, 1.54) is 0 Å². The Balaban J connectivity index is 1.17. The molecule has 0 spiro atoms. The van der Waals surface area contributed by atoms with Gasteiger partial charge in [0.05, 0.1) is 58.7 Å². The summed E-state index contributed by atoms with van der Waals surface area (Å²) in [6.07, 6.45) is 0. The standard InChI is InChI=1S/C62H32N10/c1-66-45-24-26-46(44(30-45)36-64)41-22-27-56-50(31-41)48-17-9-11-19-54(48)71(56)58-33-43(62-69-60(39-13-5-3-6-14-39)68-61(70-62)40-15-7-4-8-16-40)34-59(52(58)37-65)72-55-20-12-10-18-49(55)51-32-42(23-28-57(51)72)47-25-21-38(35-63)29-53(47)67-2/h3-34H. The van der Waals surface area contributed by atoms with E-state index in [1.807, 2.05) is 146 Å². The molecule has 10 heteroatoms. The number of rotatable bonds is 7. The van der Waals surface area contributed by atoms with Gasteiger partial charge in [0, 0.05) is 49.4 Å². The molecule has 0 aliphatic carbocycles. The molecule has 0 saturated carbocycles. The molecule has 12 aromatic rings. The summed E-state index contributed by atoms with van der Waals surface area (Å²) in [7, 11) is 0. The number of nitriles is 3. The number of para-hydroxylation sites is 2. The molecule has 0 fully saturated rings. The van der Waals surface area contributed by atoms with E-state index in [4.69, 9.17) is 28.1 Å². The Morgan fingerprint density at radius 1 is 0.389 bits per heavy atom. The van der Waals surface area contributed by atoms with Crippen molar-refractivity contribution in [3.05, 3.63) is 234 Å². The molecule has 0 amide bonds. The summed E-state index contributed by atoms with van der Waals surface area (Å²) < 4.78 is 4.24. The van der Waals surface area contributed by atoms with Gasteiger partial charge in [0.15, 0.2) is 28.8 Å². The van der Waals surface area contributed by atoms with E-state index in [0.717, 1.165) is 65.9 Å². The van der Waals surface area contributed by atoms with Crippen LogP contribution in [0.15, 0.2) is 194 Å². The van der Waals surface area contributed by atoms with Gasteiger partial charge in [-0.3, -0.25) is 0 Å². The van der Waals surface area contributed by atoms with Crippen LogP contribution in [0, 0.1) is 47.1 Å². The Labute approximate surface area is 412 Å². The molecule has 12 rings (SSSR count). The van der Waals surface area contributed by atoms with Crippen molar-refractivity contribution in [1.82, 2.24) is 24.1 Å². The molecule has 0 aliphatic heterocycles. The highest BCUT2D eigenvalue weighted by Crippen LogP contribution is 2.43. The first-order chi connectivity index (χ1) is 35.5. The minimum atomic E-state index is 0.380. The average molecular weight is 917 g/mol. The van der Waals surface area contributed by atoms with Gasteiger partial charge in [0.2, 0.25) is 0 Å². The van der Waals surface area contributed by atoms with Crippen LogP contribution in [0.5, 0.6) is 0 Å². The normalized spacial score (nSPS) is 11.0. The first-order valence-electron chi connectivity index (χ1n) is 22.8. The Kier molecular flexibility index (Phi) is 10.2. The predicted molar refractivity (Wildman–Crippen MR) is 282 cm³/mol. The number of hydrogen-bond acceptors (Lipinski definition) is 6. The molecular weight excluding hydrogens is 885 g/mol. The summed E-state index contributed by atoms with van der Waals surface area (Å²) in [5.74, 6) is 1.38. The lowest BCUT2D eigenvalue weighted by Crippen LogP contribution is -2.07. The summed E-state index contributed by atoms with van der Waals surface area (Å²) in [5, 5.41) is 35.2. The van der Waals surface area contributed by atoms with Crippen molar-refractivity contribution in [3.63, 3.8) is 0 Å². The van der Waals surface area contributed by atoms with Crippen molar-refractivity contribution < 1.29 is 0 Å². The van der Waals surface area contributed by atoms with Gasteiger partial charge in [-0.2, -0.15) is 15.8 Å². The molecule has 3 aromatic heterocycles. The van der Waals surface area contributed by atoms with Crippen molar-refractivity contribution in [1.29, 1.82) is 15.8 Å². The molecule has 330 valence electrons. The highest BCUT2D eigenvalue weighted by Gasteiger charge is 2.25. The van der Waals surface area contributed by atoms with E-state index in [1.54, 1.807) is 24.3 Å². The summed E-state index contributed by atoms with van der Waals surface area (Å²) in [5.41, 5.74) is 11.8. The number of benzene rings is 9. The predicted octanol–water partition coefficient (Wildman–Crippen LogP) is 15.1. The van der Waals surface area contributed by atoms with Crippen LogP contribution in [-0.2, 0) is 0 Å². The molecule has 0 radical (unpaired) electrons. The van der Waals surface area contributed by atoms with Gasteiger partial charge in [-0.15, -0.1) is 0 Å². The molecule has 0 unspecified atom stereocenters. The zero-order valence-electron chi connectivity index (χ0n) is 37.9. The summed E-state index contributed by atoms with van der Waals surface area (Å²) >= 11 is 0. The Morgan fingerprint density at radius 3 is 1.40 bits per heavy atom. The van der Waals surface area contributed by atoms with Gasteiger partial charge in [-0.25, -0.2) is 24.6 Å². The van der Waals surface area contributed by atoms with Crippen LogP contribution in [0.1, 0.15) is 16.7 Å². The van der Waals surface area contributed by atoms with Gasteiger partial charge in [-0.1, -0.05) is 127 Å². The average Bonchev–Trinajstić information content (AvgIpc) is 3.96. The Morgan fingerprint density at radius 2 is 0.889 bits per heavy atom. The Bertz CT molecular complexity index is 4180. The zero-order valence-corrected chi connectivity index (χ0v) is 37.9. The van der Waals surface area contributed by atoms with Crippen LogP contribution >= 0.6 is 0 Å². The molecular formula is C62H32N10. The second-order valence-corrected chi connectivity index (χ2v) is 17.1. The van der Waals surface area contributed by atoms with Gasteiger partial charge in [-0.05, 0) is 89.0 Å². The van der Waals surface area contributed by atoms with Gasteiger partial charge in [0.1, 0.15) is 11.6 Å². The molecule has 0 saturated heterocycles. The maximum Gasteiger partial charge on any atom is 0.196 e. The fourth-order valence-electron chi connectivity index (χ4n) is 9.83. The first kappa shape index (κ1) is 42.4. The van der Waals surface area contributed by atoms with E-state index in [0.29, 0.717) is 73.6 Å². The summed E-state index contributed by atoms with van der Waals surface area (Å²) in [6.45, 7) is 15.5. The fraction of sp³-hybridized carbons (Fsp3) is 0. The molecule has 10 nitrogen and oxygen atoms in total. The van der Waals surface area contributed by atoms with Crippen molar-refractivity contribution in [2.24, 2.45) is 0 Å². The lowest BCUT2D eigenvalue weighted by molar-refractivity contribution is 1.06. The monoisotopic (exact) mass is 916 g/mol. The number of hydrogen-bond donors (Lipinski definition) is 0. The SMILES string of the molecule is [C-]#[N+]c1ccc(-c2ccc3c(c2)c2ccccc2n3-c2cc(-c3nc(-c4ccccc4)nc(-c4ccccc4)n3)cc(-n3c4ccccc4c4cc(-c5ccc(C#N)cc5[N+]#[C-])ccc43)c2C#N)c(C#N)c1. The maximum absolute atomic E-state index is 11.7. The summed E-state index contributed by atoms with van der Waals surface area (Å²) in [4.78, 5) is 22.7. The lowest BCUT2D eigenvalue weighted by atomic mass is 9.98. The van der Waals surface area contributed by atoms with Crippen LogP contribution < -0.4 is 0 Å². The number of aromatic nitrogens is 5. The molecule has 0 atom stereocenters.